The van der Waals surface area contributed by atoms with E-state index in [0.717, 1.165) is 31.7 Å². The Kier molecular flexibility index (Phi) is 10.8. The monoisotopic (exact) mass is 412 g/mol. The first-order valence-electron chi connectivity index (χ1n) is 11.4. The first kappa shape index (κ1) is 23.8. The summed E-state index contributed by atoms with van der Waals surface area (Å²) in [5, 5.41) is 19.5. The average Bonchev–Trinajstić information content (AvgIpc) is 2.70. The standard InChI is InChI=1S/C26H36O4/c1-2-3-4-5-6-7-8-9-10-11-12-13-14-15-16-17-22-20-24(29)26-23(28)18-21(27)19-25(26)30-22/h6-7,9-10,18-20,27-28H,2-5,8,11-17H2,1H3/b7-6-,10-9-. The Hall–Kier alpha value is -2.49. The molecule has 0 saturated carbocycles. The molecule has 1 aromatic heterocycles. The van der Waals surface area contributed by atoms with Crippen LogP contribution in [-0.2, 0) is 6.42 Å². The van der Waals surface area contributed by atoms with E-state index in [2.05, 4.69) is 31.2 Å². The highest BCUT2D eigenvalue weighted by Gasteiger charge is 2.10. The van der Waals surface area contributed by atoms with Crippen LogP contribution in [-0.4, -0.2) is 10.2 Å². The molecule has 0 unspecified atom stereocenters. The molecule has 0 atom stereocenters. The topological polar surface area (TPSA) is 70.7 Å². The van der Waals surface area contributed by atoms with Crippen LogP contribution in [0.1, 0.15) is 83.3 Å². The Morgan fingerprint density at radius 2 is 1.50 bits per heavy atom. The van der Waals surface area contributed by atoms with Gasteiger partial charge in [-0.25, -0.2) is 0 Å². The number of fused-ring (bicyclic) bond motifs is 1. The summed E-state index contributed by atoms with van der Waals surface area (Å²) >= 11 is 0. The molecular formula is C26H36O4. The molecule has 2 aromatic rings. The van der Waals surface area contributed by atoms with E-state index in [1.807, 2.05) is 0 Å². The van der Waals surface area contributed by atoms with Gasteiger partial charge in [0.2, 0.25) is 0 Å². The molecule has 2 rings (SSSR count). The summed E-state index contributed by atoms with van der Waals surface area (Å²) in [4.78, 5) is 12.2. The quantitative estimate of drug-likeness (QED) is 0.255. The van der Waals surface area contributed by atoms with E-state index in [9.17, 15) is 15.0 Å². The SMILES string of the molecule is CCCCC/C=C\C/C=C\CCCCCCCc1cc(=O)c2c(O)cc(O)cc2o1. The summed E-state index contributed by atoms with van der Waals surface area (Å²) in [6.45, 7) is 2.23. The van der Waals surface area contributed by atoms with Crippen LogP contribution in [0.3, 0.4) is 0 Å². The van der Waals surface area contributed by atoms with Gasteiger partial charge in [0.15, 0.2) is 5.43 Å². The van der Waals surface area contributed by atoms with Gasteiger partial charge in [-0.15, -0.1) is 0 Å². The first-order chi connectivity index (χ1) is 14.6. The van der Waals surface area contributed by atoms with Crippen LogP contribution in [0.4, 0.5) is 0 Å². The van der Waals surface area contributed by atoms with Gasteiger partial charge in [-0.2, -0.15) is 0 Å². The van der Waals surface area contributed by atoms with Gasteiger partial charge >= 0.3 is 0 Å². The van der Waals surface area contributed by atoms with Gasteiger partial charge in [0, 0.05) is 24.6 Å². The third-order valence-corrected chi connectivity index (χ3v) is 5.22. The van der Waals surface area contributed by atoms with E-state index in [1.165, 1.54) is 57.1 Å². The highest BCUT2D eigenvalue weighted by Crippen LogP contribution is 2.28. The fourth-order valence-corrected chi connectivity index (χ4v) is 3.54. The Labute approximate surface area is 179 Å². The van der Waals surface area contributed by atoms with Crippen LogP contribution in [0.2, 0.25) is 0 Å². The van der Waals surface area contributed by atoms with Crippen molar-refractivity contribution in [3.8, 4) is 11.5 Å². The van der Waals surface area contributed by atoms with Crippen molar-refractivity contribution < 1.29 is 14.6 Å². The zero-order chi connectivity index (χ0) is 21.6. The number of hydrogen-bond donors (Lipinski definition) is 2. The number of aryl methyl sites for hydroxylation is 1. The van der Waals surface area contributed by atoms with Crippen molar-refractivity contribution in [2.24, 2.45) is 0 Å². The Morgan fingerprint density at radius 1 is 0.833 bits per heavy atom. The van der Waals surface area contributed by atoms with Gasteiger partial charge in [0.25, 0.3) is 0 Å². The summed E-state index contributed by atoms with van der Waals surface area (Å²) in [7, 11) is 0. The van der Waals surface area contributed by atoms with Crippen LogP contribution >= 0.6 is 0 Å². The van der Waals surface area contributed by atoms with E-state index >= 15 is 0 Å². The molecule has 0 bridgehead atoms. The molecule has 164 valence electrons. The Morgan fingerprint density at radius 3 is 2.23 bits per heavy atom. The number of phenols is 2. The molecule has 0 aliphatic heterocycles. The molecule has 0 aliphatic carbocycles. The number of unbranched alkanes of at least 4 members (excludes halogenated alkanes) is 8. The van der Waals surface area contributed by atoms with E-state index in [-0.39, 0.29) is 27.9 Å². The van der Waals surface area contributed by atoms with Crippen molar-refractivity contribution >= 4 is 11.0 Å². The minimum absolute atomic E-state index is 0.114. The van der Waals surface area contributed by atoms with Crippen molar-refractivity contribution in [3.05, 3.63) is 58.5 Å². The predicted molar refractivity (Wildman–Crippen MR) is 124 cm³/mol. The van der Waals surface area contributed by atoms with E-state index in [4.69, 9.17) is 4.42 Å². The zero-order valence-electron chi connectivity index (χ0n) is 18.2. The second-order valence-corrected chi connectivity index (χ2v) is 7.90. The minimum Gasteiger partial charge on any atom is -0.508 e. The summed E-state index contributed by atoms with van der Waals surface area (Å²) in [5.74, 6) is 0.239. The van der Waals surface area contributed by atoms with Crippen molar-refractivity contribution in [1.82, 2.24) is 0 Å². The Bertz CT molecular complexity index is 876. The number of benzene rings is 1. The van der Waals surface area contributed by atoms with Gasteiger partial charge in [0.05, 0.1) is 0 Å². The van der Waals surface area contributed by atoms with E-state index < -0.39 is 0 Å². The van der Waals surface area contributed by atoms with Crippen molar-refractivity contribution in [2.45, 2.75) is 84.0 Å². The first-order valence-corrected chi connectivity index (χ1v) is 11.4. The van der Waals surface area contributed by atoms with Crippen molar-refractivity contribution in [2.75, 3.05) is 0 Å². The Balaban J connectivity index is 1.58. The largest absolute Gasteiger partial charge is 0.508 e. The molecule has 0 spiro atoms. The van der Waals surface area contributed by atoms with Crippen molar-refractivity contribution in [1.29, 1.82) is 0 Å². The molecule has 0 radical (unpaired) electrons. The van der Waals surface area contributed by atoms with Crippen LogP contribution < -0.4 is 5.43 Å². The molecule has 4 heteroatoms. The molecule has 30 heavy (non-hydrogen) atoms. The number of aromatic hydroxyl groups is 2. The second kappa shape index (κ2) is 13.7. The third kappa shape index (κ3) is 8.48. The van der Waals surface area contributed by atoms with Gasteiger partial charge < -0.3 is 14.6 Å². The van der Waals surface area contributed by atoms with E-state index in [1.54, 1.807) is 0 Å². The van der Waals surface area contributed by atoms with Gasteiger partial charge in [-0.05, 0) is 38.5 Å². The highest BCUT2D eigenvalue weighted by molar-refractivity contribution is 5.84. The molecular weight excluding hydrogens is 376 g/mol. The maximum absolute atomic E-state index is 12.2. The van der Waals surface area contributed by atoms with Gasteiger partial charge in [-0.1, -0.05) is 63.3 Å². The molecule has 2 N–H and O–H groups in total. The normalized spacial score (nSPS) is 11.9. The molecule has 0 saturated heterocycles. The van der Waals surface area contributed by atoms with Crippen molar-refractivity contribution in [3.63, 3.8) is 0 Å². The summed E-state index contributed by atoms with van der Waals surface area (Å²) in [6, 6.07) is 3.97. The van der Waals surface area contributed by atoms with Crippen LogP contribution in [0.5, 0.6) is 11.5 Å². The molecule has 0 amide bonds. The third-order valence-electron chi connectivity index (χ3n) is 5.22. The summed E-state index contributed by atoms with van der Waals surface area (Å²) in [5.41, 5.74) is -0.0380. The number of hydrogen-bond acceptors (Lipinski definition) is 4. The van der Waals surface area contributed by atoms with E-state index in [0.29, 0.717) is 12.2 Å². The maximum Gasteiger partial charge on any atom is 0.196 e. The fourth-order valence-electron chi connectivity index (χ4n) is 3.54. The molecule has 0 fully saturated rings. The fraction of sp³-hybridized carbons (Fsp3) is 0.500. The lowest BCUT2D eigenvalue weighted by molar-refractivity contribution is 0.449. The lowest BCUT2D eigenvalue weighted by Gasteiger charge is -2.05. The minimum atomic E-state index is -0.272. The highest BCUT2D eigenvalue weighted by atomic mass is 16.3. The summed E-state index contributed by atoms with van der Waals surface area (Å²) in [6.07, 6.45) is 22.7. The molecule has 1 heterocycles. The van der Waals surface area contributed by atoms with Gasteiger partial charge in [-0.3, -0.25) is 4.79 Å². The molecule has 4 nitrogen and oxygen atoms in total. The zero-order valence-corrected chi connectivity index (χ0v) is 18.2. The smallest absolute Gasteiger partial charge is 0.196 e. The number of rotatable bonds is 14. The number of allylic oxidation sites excluding steroid dienone is 4. The van der Waals surface area contributed by atoms with Gasteiger partial charge in [0.1, 0.15) is 28.2 Å². The molecule has 1 aromatic carbocycles. The lowest BCUT2D eigenvalue weighted by Crippen LogP contribution is -2.02. The van der Waals surface area contributed by atoms with Crippen LogP contribution in [0, 0.1) is 0 Å². The maximum atomic E-state index is 12.2. The molecule has 0 aliphatic rings. The predicted octanol–water partition coefficient (Wildman–Crippen LogP) is 7.17. The average molecular weight is 413 g/mol. The summed E-state index contributed by atoms with van der Waals surface area (Å²) < 4.78 is 5.69. The lowest BCUT2D eigenvalue weighted by atomic mass is 10.1. The number of phenolic OH excluding ortho intramolecular Hbond substituents is 2. The van der Waals surface area contributed by atoms with Crippen LogP contribution in [0.15, 0.2) is 51.7 Å². The second-order valence-electron chi connectivity index (χ2n) is 7.90. The van der Waals surface area contributed by atoms with Crippen LogP contribution in [0.25, 0.3) is 11.0 Å².